The van der Waals surface area contributed by atoms with Gasteiger partial charge in [0.05, 0.1) is 11.8 Å². The summed E-state index contributed by atoms with van der Waals surface area (Å²) in [5.41, 5.74) is 5.97. The monoisotopic (exact) mass is 191 g/mol. The van der Waals surface area contributed by atoms with Crippen LogP contribution >= 0.6 is 0 Å². The van der Waals surface area contributed by atoms with Crippen molar-refractivity contribution < 1.29 is 0 Å². The Bertz CT molecular complexity index is 498. The van der Waals surface area contributed by atoms with Gasteiger partial charge in [0.2, 0.25) is 0 Å². The largest absolute Gasteiger partial charge is 0.383 e. The fourth-order valence-corrected chi connectivity index (χ4v) is 1.12. The van der Waals surface area contributed by atoms with E-state index in [2.05, 4.69) is 15.1 Å². The maximum absolute atomic E-state index is 11.2. The van der Waals surface area contributed by atoms with Gasteiger partial charge in [-0.1, -0.05) is 0 Å². The predicted molar refractivity (Wildman–Crippen MR) is 51.1 cm³/mol. The number of nitrogens with one attached hydrogen (secondary N) is 1. The molecule has 0 saturated heterocycles. The molecule has 0 saturated carbocycles. The zero-order valence-corrected chi connectivity index (χ0v) is 7.56. The molecule has 0 spiro atoms. The van der Waals surface area contributed by atoms with Gasteiger partial charge in [-0.3, -0.25) is 14.9 Å². The number of nitrogens with zero attached hydrogens (tertiary/aromatic N) is 3. The summed E-state index contributed by atoms with van der Waals surface area (Å²) < 4.78 is 1.41. The number of hydrogen-bond acceptors (Lipinski definition) is 4. The lowest BCUT2D eigenvalue weighted by Gasteiger charge is -2.01. The molecule has 0 amide bonds. The second-order valence-electron chi connectivity index (χ2n) is 2.85. The van der Waals surface area contributed by atoms with Crippen LogP contribution in [0.5, 0.6) is 0 Å². The van der Waals surface area contributed by atoms with E-state index in [1.807, 2.05) is 0 Å². The van der Waals surface area contributed by atoms with Crippen LogP contribution in [0.3, 0.4) is 0 Å². The van der Waals surface area contributed by atoms with Crippen LogP contribution in [0.15, 0.2) is 23.4 Å². The molecule has 72 valence electrons. The predicted octanol–water partition coefficient (Wildman–Crippen LogP) is -0.154. The lowest BCUT2D eigenvalue weighted by Crippen LogP contribution is -2.07. The minimum absolute atomic E-state index is 0.215. The highest BCUT2D eigenvalue weighted by Gasteiger charge is 2.08. The Labute approximate surface area is 79.4 Å². The molecule has 0 aliphatic heterocycles. The summed E-state index contributed by atoms with van der Waals surface area (Å²) in [6, 6.07) is 0. The summed E-state index contributed by atoms with van der Waals surface area (Å²) in [5, 5.41) is 2.56. The van der Waals surface area contributed by atoms with Gasteiger partial charge in [0, 0.05) is 12.4 Å². The number of anilines is 1. The molecular formula is C8H9N5O. The van der Waals surface area contributed by atoms with E-state index in [1.165, 1.54) is 17.1 Å². The van der Waals surface area contributed by atoms with Crippen molar-refractivity contribution in [2.75, 3.05) is 5.73 Å². The molecular weight excluding hydrogens is 182 g/mol. The summed E-state index contributed by atoms with van der Waals surface area (Å²) in [6.45, 7) is 1.65. The van der Waals surface area contributed by atoms with Crippen molar-refractivity contribution in [2.24, 2.45) is 0 Å². The molecule has 0 aliphatic carbocycles. The summed E-state index contributed by atoms with van der Waals surface area (Å²) >= 11 is 0. The summed E-state index contributed by atoms with van der Waals surface area (Å²) in [7, 11) is 0. The molecule has 3 N–H and O–H groups in total. The number of aromatic amines is 1. The molecule has 0 unspecified atom stereocenters. The van der Waals surface area contributed by atoms with Crippen molar-refractivity contribution >= 4 is 5.82 Å². The topological polar surface area (TPSA) is 89.6 Å². The summed E-state index contributed by atoms with van der Waals surface area (Å²) in [5.74, 6) is 0.853. The van der Waals surface area contributed by atoms with E-state index in [0.29, 0.717) is 17.2 Å². The third-order valence-electron chi connectivity index (χ3n) is 1.96. The van der Waals surface area contributed by atoms with Crippen LogP contribution in [0.4, 0.5) is 5.82 Å². The van der Waals surface area contributed by atoms with Crippen LogP contribution in [0.1, 0.15) is 5.56 Å². The fraction of sp³-hybridized carbons (Fsp3) is 0.125. The Morgan fingerprint density at radius 2 is 2.29 bits per heavy atom. The van der Waals surface area contributed by atoms with Gasteiger partial charge in [-0.15, -0.1) is 0 Å². The standard InChI is InChI=1S/C8H9N5O/c1-5-7(9)13(12-8(5)14)6-4-10-2-3-11-6/h2-4H,9H2,1H3,(H,12,14). The SMILES string of the molecule is Cc1c(N)n(-c2cnccn2)[nH]c1=O. The summed E-state index contributed by atoms with van der Waals surface area (Å²) in [6.07, 6.45) is 4.60. The van der Waals surface area contributed by atoms with E-state index in [0.717, 1.165) is 0 Å². The van der Waals surface area contributed by atoms with E-state index in [1.54, 1.807) is 13.1 Å². The Balaban J connectivity index is 2.64. The third-order valence-corrected chi connectivity index (χ3v) is 1.96. The fourth-order valence-electron chi connectivity index (χ4n) is 1.12. The third kappa shape index (κ3) is 1.17. The molecule has 2 heterocycles. The van der Waals surface area contributed by atoms with E-state index in [9.17, 15) is 4.79 Å². The van der Waals surface area contributed by atoms with Crippen LogP contribution in [0.2, 0.25) is 0 Å². The molecule has 6 heteroatoms. The number of H-pyrrole nitrogens is 1. The zero-order valence-electron chi connectivity index (χ0n) is 7.56. The molecule has 0 bridgehead atoms. The lowest BCUT2D eigenvalue weighted by atomic mass is 10.4. The first-order chi connectivity index (χ1) is 6.70. The minimum Gasteiger partial charge on any atom is -0.383 e. The minimum atomic E-state index is -0.215. The molecule has 0 aromatic carbocycles. The van der Waals surface area contributed by atoms with Gasteiger partial charge < -0.3 is 5.73 Å². The van der Waals surface area contributed by atoms with Crippen molar-refractivity contribution in [3.8, 4) is 5.82 Å². The van der Waals surface area contributed by atoms with Gasteiger partial charge in [-0.2, -0.15) is 0 Å². The molecule has 0 fully saturated rings. The number of rotatable bonds is 1. The van der Waals surface area contributed by atoms with Crippen molar-refractivity contribution in [3.63, 3.8) is 0 Å². The van der Waals surface area contributed by atoms with Gasteiger partial charge >= 0.3 is 0 Å². The van der Waals surface area contributed by atoms with Crippen molar-refractivity contribution in [3.05, 3.63) is 34.5 Å². The highest BCUT2D eigenvalue weighted by atomic mass is 16.1. The molecule has 2 aromatic rings. The molecule has 2 rings (SSSR count). The molecule has 0 atom stereocenters. The van der Waals surface area contributed by atoms with Crippen molar-refractivity contribution in [1.29, 1.82) is 0 Å². The Hall–Kier alpha value is -2.11. The first-order valence-electron chi connectivity index (χ1n) is 4.03. The highest BCUT2D eigenvalue weighted by Crippen LogP contribution is 2.08. The Morgan fingerprint density at radius 3 is 2.79 bits per heavy atom. The first kappa shape index (κ1) is 8.49. The van der Waals surface area contributed by atoms with Gasteiger partial charge in [-0.05, 0) is 6.92 Å². The molecule has 0 aliphatic rings. The van der Waals surface area contributed by atoms with Crippen LogP contribution < -0.4 is 11.3 Å². The normalized spacial score (nSPS) is 10.4. The van der Waals surface area contributed by atoms with Gasteiger partial charge in [-0.25, -0.2) is 9.67 Å². The molecule has 2 aromatic heterocycles. The van der Waals surface area contributed by atoms with Gasteiger partial charge in [0.1, 0.15) is 5.82 Å². The quantitative estimate of drug-likeness (QED) is 0.655. The first-order valence-corrected chi connectivity index (χ1v) is 4.03. The van der Waals surface area contributed by atoms with Crippen molar-refractivity contribution in [1.82, 2.24) is 19.7 Å². The van der Waals surface area contributed by atoms with E-state index in [4.69, 9.17) is 5.73 Å². The van der Waals surface area contributed by atoms with E-state index >= 15 is 0 Å². The number of hydrogen-bond donors (Lipinski definition) is 2. The zero-order chi connectivity index (χ0) is 10.1. The average molecular weight is 191 g/mol. The number of aromatic nitrogens is 4. The Kier molecular flexibility index (Phi) is 1.81. The van der Waals surface area contributed by atoms with Gasteiger partial charge in [0.15, 0.2) is 5.82 Å². The summed E-state index contributed by atoms with van der Waals surface area (Å²) in [4.78, 5) is 19.1. The molecule has 6 nitrogen and oxygen atoms in total. The van der Waals surface area contributed by atoms with E-state index < -0.39 is 0 Å². The van der Waals surface area contributed by atoms with Crippen molar-refractivity contribution in [2.45, 2.75) is 6.92 Å². The second-order valence-corrected chi connectivity index (χ2v) is 2.85. The van der Waals surface area contributed by atoms with Crippen LogP contribution in [-0.4, -0.2) is 19.7 Å². The molecule has 0 radical (unpaired) electrons. The van der Waals surface area contributed by atoms with Crippen LogP contribution in [0.25, 0.3) is 5.82 Å². The second kappa shape index (κ2) is 2.99. The highest BCUT2D eigenvalue weighted by molar-refractivity contribution is 5.42. The maximum Gasteiger partial charge on any atom is 0.269 e. The number of nitrogen functional groups attached to an aromatic ring is 1. The molecule has 14 heavy (non-hydrogen) atoms. The van der Waals surface area contributed by atoms with Crippen LogP contribution in [-0.2, 0) is 0 Å². The lowest BCUT2D eigenvalue weighted by molar-refractivity contribution is 0.834. The van der Waals surface area contributed by atoms with Gasteiger partial charge in [0.25, 0.3) is 5.56 Å². The number of nitrogens with two attached hydrogens (primary N) is 1. The maximum atomic E-state index is 11.2. The van der Waals surface area contributed by atoms with E-state index in [-0.39, 0.29) is 5.56 Å². The smallest absolute Gasteiger partial charge is 0.269 e. The van der Waals surface area contributed by atoms with Crippen LogP contribution in [0, 0.1) is 6.92 Å². The average Bonchev–Trinajstić information content (AvgIpc) is 2.47. The Morgan fingerprint density at radius 1 is 1.50 bits per heavy atom.